The van der Waals surface area contributed by atoms with Gasteiger partial charge in [-0.15, -0.1) is 0 Å². The van der Waals surface area contributed by atoms with Crippen LogP contribution < -0.4 is 9.64 Å². The fourth-order valence-electron chi connectivity index (χ4n) is 2.52. The van der Waals surface area contributed by atoms with E-state index in [4.69, 9.17) is 9.47 Å². The Kier molecular flexibility index (Phi) is 4.42. The first-order valence-electron chi connectivity index (χ1n) is 6.86. The molecule has 6 nitrogen and oxygen atoms in total. The number of carbonyl (C=O) groups is 1. The SMILES string of the molecule is CCOc1cc(N2CC(C)C(C(=O)OC)C2)nc(C)n1. The number of rotatable bonds is 4. The van der Waals surface area contributed by atoms with Crippen LogP contribution in [0.4, 0.5) is 5.82 Å². The Bertz CT molecular complexity index is 493. The van der Waals surface area contributed by atoms with Crippen LogP contribution in [0.5, 0.6) is 5.88 Å². The van der Waals surface area contributed by atoms with Crippen LogP contribution in [0.15, 0.2) is 6.07 Å². The fourth-order valence-corrected chi connectivity index (χ4v) is 2.52. The Morgan fingerprint density at radius 2 is 2.20 bits per heavy atom. The van der Waals surface area contributed by atoms with Crippen LogP contribution in [-0.4, -0.2) is 42.7 Å². The van der Waals surface area contributed by atoms with Crippen molar-refractivity contribution in [2.24, 2.45) is 11.8 Å². The van der Waals surface area contributed by atoms with Gasteiger partial charge in [0.25, 0.3) is 0 Å². The van der Waals surface area contributed by atoms with E-state index in [-0.39, 0.29) is 17.8 Å². The lowest BCUT2D eigenvalue weighted by Crippen LogP contribution is -2.25. The summed E-state index contributed by atoms with van der Waals surface area (Å²) in [6.45, 7) is 7.78. The zero-order chi connectivity index (χ0) is 14.7. The molecule has 0 aromatic carbocycles. The van der Waals surface area contributed by atoms with E-state index < -0.39 is 0 Å². The van der Waals surface area contributed by atoms with Crippen LogP contribution in [0.2, 0.25) is 0 Å². The summed E-state index contributed by atoms with van der Waals surface area (Å²) in [6, 6.07) is 1.82. The molecule has 1 fully saturated rings. The summed E-state index contributed by atoms with van der Waals surface area (Å²) >= 11 is 0. The molecule has 0 amide bonds. The van der Waals surface area contributed by atoms with Crippen LogP contribution in [-0.2, 0) is 9.53 Å². The molecule has 2 rings (SSSR count). The number of hydrogen-bond donors (Lipinski definition) is 0. The van der Waals surface area contributed by atoms with E-state index in [0.29, 0.717) is 24.9 Å². The van der Waals surface area contributed by atoms with Crippen molar-refractivity contribution >= 4 is 11.8 Å². The Hall–Kier alpha value is -1.85. The highest BCUT2D eigenvalue weighted by Gasteiger charge is 2.36. The quantitative estimate of drug-likeness (QED) is 0.777. The van der Waals surface area contributed by atoms with Crippen molar-refractivity contribution < 1.29 is 14.3 Å². The second kappa shape index (κ2) is 6.07. The molecular formula is C14H21N3O3. The van der Waals surface area contributed by atoms with Crippen LogP contribution in [0, 0.1) is 18.8 Å². The maximum atomic E-state index is 11.7. The molecule has 1 aliphatic rings. The lowest BCUT2D eigenvalue weighted by molar-refractivity contribution is -0.145. The average Bonchev–Trinajstić information content (AvgIpc) is 2.80. The molecule has 1 aromatic rings. The van der Waals surface area contributed by atoms with Crippen molar-refractivity contribution in [2.45, 2.75) is 20.8 Å². The Balaban J connectivity index is 2.18. The maximum Gasteiger partial charge on any atom is 0.310 e. The summed E-state index contributed by atoms with van der Waals surface area (Å²) in [5.74, 6) is 2.03. The van der Waals surface area contributed by atoms with E-state index in [0.717, 1.165) is 12.4 Å². The molecule has 0 N–H and O–H groups in total. The van der Waals surface area contributed by atoms with Crippen molar-refractivity contribution in [1.29, 1.82) is 0 Å². The molecule has 0 saturated carbocycles. The van der Waals surface area contributed by atoms with Gasteiger partial charge in [0.1, 0.15) is 11.6 Å². The normalized spacial score (nSPS) is 21.9. The summed E-state index contributed by atoms with van der Waals surface area (Å²) in [5, 5.41) is 0. The highest BCUT2D eigenvalue weighted by atomic mass is 16.5. The highest BCUT2D eigenvalue weighted by molar-refractivity contribution is 5.74. The first-order valence-corrected chi connectivity index (χ1v) is 6.86. The Labute approximate surface area is 119 Å². The molecule has 110 valence electrons. The molecule has 0 radical (unpaired) electrons. The number of aryl methyl sites for hydroxylation is 1. The molecule has 0 spiro atoms. The van der Waals surface area contributed by atoms with E-state index in [1.165, 1.54) is 7.11 Å². The van der Waals surface area contributed by atoms with Crippen molar-refractivity contribution in [3.63, 3.8) is 0 Å². The van der Waals surface area contributed by atoms with Gasteiger partial charge in [0.05, 0.1) is 19.6 Å². The molecule has 2 heterocycles. The van der Waals surface area contributed by atoms with Gasteiger partial charge in [0, 0.05) is 19.2 Å². The Morgan fingerprint density at radius 1 is 1.45 bits per heavy atom. The van der Waals surface area contributed by atoms with E-state index in [9.17, 15) is 4.79 Å². The standard InChI is InChI=1S/C14H21N3O3/c1-5-20-13-6-12(15-10(3)16-13)17-7-9(2)11(8-17)14(18)19-4/h6,9,11H,5,7-8H2,1-4H3. The third-order valence-corrected chi connectivity index (χ3v) is 3.53. The number of ether oxygens (including phenoxy) is 2. The monoisotopic (exact) mass is 279 g/mol. The Morgan fingerprint density at radius 3 is 2.85 bits per heavy atom. The van der Waals surface area contributed by atoms with Gasteiger partial charge < -0.3 is 14.4 Å². The zero-order valence-electron chi connectivity index (χ0n) is 12.4. The minimum atomic E-state index is -0.157. The third-order valence-electron chi connectivity index (χ3n) is 3.53. The molecule has 2 unspecified atom stereocenters. The predicted octanol–water partition coefficient (Wildman–Crippen LogP) is 1.43. The smallest absolute Gasteiger partial charge is 0.310 e. The topological polar surface area (TPSA) is 64.5 Å². The third kappa shape index (κ3) is 3.00. The molecule has 6 heteroatoms. The van der Waals surface area contributed by atoms with E-state index in [2.05, 4.69) is 21.8 Å². The van der Waals surface area contributed by atoms with Gasteiger partial charge in [-0.2, -0.15) is 4.98 Å². The molecule has 20 heavy (non-hydrogen) atoms. The van der Waals surface area contributed by atoms with Crippen LogP contribution in [0.3, 0.4) is 0 Å². The van der Waals surface area contributed by atoms with Gasteiger partial charge in [0.2, 0.25) is 5.88 Å². The van der Waals surface area contributed by atoms with E-state index >= 15 is 0 Å². The number of hydrogen-bond acceptors (Lipinski definition) is 6. The lowest BCUT2D eigenvalue weighted by atomic mass is 9.99. The molecule has 1 saturated heterocycles. The summed E-state index contributed by atoms with van der Waals surface area (Å²) in [5.41, 5.74) is 0. The largest absolute Gasteiger partial charge is 0.478 e. The van der Waals surface area contributed by atoms with Gasteiger partial charge >= 0.3 is 5.97 Å². The molecule has 1 aliphatic heterocycles. The fraction of sp³-hybridized carbons (Fsp3) is 0.643. The summed E-state index contributed by atoms with van der Waals surface area (Å²) < 4.78 is 10.3. The summed E-state index contributed by atoms with van der Waals surface area (Å²) in [4.78, 5) is 22.5. The number of nitrogens with zero attached hydrogens (tertiary/aromatic N) is 3. The second-order valence-corrected chi connectivity index (χ2v) is 5.06. The highest BCUT2D eigenvalue weighted by Crippen LogP contribution is 2.29. The second-order valence-electron chi connectivity index (χ2n) is 5.06. The van der Waals surface area contributed by atoms with Crippen LogP contribution in [0.25, 0.3) is 0 Å². The van der Waals surface area contributed by atoms with Crippen LogP contribution in [0.1, 0.15) is 19.7 Å². The van der Waals surface area contributed by atoms with Crippen molar-refractivity contribution in [1.82, 2.24) is 9.97 Å². The first kappa shape index (κ1) is 14.6. The van der Waals surface area contributed by atoms with Crippen molar-refractivity contribution in [2.75, 3.05) is 31.7 Å². The number of aromatic nitrogens is 2. The van der Waals surface area contributed by atoms with Gasteiger partial charge in [-0.25, -0.2) is 4.98 Å². The summed E-state index contributed by atoms with van der Waals surface area (Å²) in [7, 11) is 1.43. The molecule has 0 bridgehead atoms. The molecular weight excluding hydrogens is 258 g/mol. The molecule has 0 aliphatic carbocycles. The van der Waals surface area contributed by atoms with E-state index in [1.54, 1.807) is 0 Å². The molecule has 2 atom stereocenters. The van der Waals surface area contributed by atoms with Crippen molar-refractivity contribution in [3.8, 4) is 5.88 Å². The predicted molar refractivity (Wildman–Crippen MR) is 74.8 cm³/mol. The minimum Gasteiger partial charge on any atom is -0.478 e. The summed E-state index contributed by atoms with van der Waals surface area (Å²) in [6.07, 6.45) is 0. The van der Waals surface area contributed by atoms with Crippen molar-refractivity contribution in [3.05, 3.63) is 11.9 Å². The number of esters is 1. The van der Waals surface area contributed by atoms with Gasteiger partial charge in [0.15, 0.2) is 0 Å². The maximum absolute atomic E-state index is 11.7. The van der Waals surface area contributed by atoms with Gasteiger partial charge in [-0.3, -0.25) is 4.79 Å². The molecule has 1 aromatic heterocycles. The van der Waals surface area contributed by atoms with E-state index in [1.807, 2.05) is 19.9 Å². The number of methoxy groups -OCH3 is 1. The zero-order valence-corrected chi connectivity index (χ0v) is 12.4. The average molecular weight is 279 g/mol. The number of anilines is 1. The van der Waals surface area contributed by atoms with Gasteiger partial charge in [-0.1, -0.05) is 6.92 Å². The number of carbonyl (C=O) groups excluding carboxylic acids is 1. The minimum absolute atomic E-state index is 0.106. The lowest BCUT2D eigenvalue weighted by Gasteiger charge is -2.18. The van der Waals surface area contributed by atoms with Gasteiger partial charge in [-0.05, 0) is 19.8 Å². The first-order chi connectivity index (χ1) is 9.55. The van der Waals surface area contributed by atoms with Crippen LogP contribution >= 0.6 is 0 Å².